The number of fused-ring (bicyclic) bond motifs is 1. The molecule has 1 aromatic heterocycles. The van der Waals surface area contributed by atoms with E-state index >= 15 is 0 Å². The van der Waals surface area contributed by atoms with Crippen LogP contribution in [0.25, 0.3) is 10.1 Å². The number of likely N-dealkylation sites (tertiary alicyclic amines) is 1. The monoisotopic (exact) mass is 305 g/mol. The average molecular weight is 306 g/mol. The van der Waals surface area contributed by atoms with Crippen molar-refractivity contribution in [3.8, 4) is 0 Å². The molecular weight excluding hydrogens is 286 g/mol. The smallest absolute Gasteiger partial charge is 0.0637 e. The molecular formula is C17H20ClNS. The minimum absolute atomic E-state index is 0.835. The molecule has 2 heterocycles. The van der Waals surface area contributed by atoms with Gasteiger partial charge in [0.25, 0.3) is 0 Å². The third-order valence-electron chi connectivity index (χ3n) is 4.18. The van der Waals surface area contributed by atoms with Crippen LogP contribution in [-0.4, -0.2) is 18.0 Å². The molecule has 3 rings (SSSR count). The number of hydrogen-bond acceptors (Lipinski definition) is 2. The fraction of sp³-hybridized carbons (Fsp3) is 0.412. The Morgan fingerprint density at radius 3 is 2.75 bits per heavy atom. The van der Waals surface area contributed by atoms with Gasteiger partial charge in [0, 0.05) is 21.5 Å². The Balaban J connectivity index is 1.68. The molecule has 3 heteroatoms. The quantitative estimate of drug-likeness (QED) is 0.689. The normalized spacial score (nSPS) is 17.6. The summed E-state index contributed by atoms with van der Waals surface area (Å²) in [5.74, 6) is 0.835. The number of thiophene rings is 1. The molecule has 0 saturated carbocycles. The van der Waals surface area contributed by atoms with Crippen LogP contribution in [0.4, 0.5) is 0 Å². The highest BCUT2D eigenvalue weighted by atomic mass is 35.5. The van der Waals surface area contributed by atoms with Crippen molar-refractivity contribution in [3.63, 3.8) is 0 Å². The average Bonchev–Trinajstić information content (AvgIpc) is 2.79. The second kappa shape index (κ2) is 6.30. The van der Waals surface area contributed by atoms with Crippen LogP contribution in [0.1, 0.15) is 24.1 Å². The van der Waals surface area contributed by atoms with Crippen molar-refractivity contribution in [2.45, 2.75) is 25.8 Å². The number of benzene rings is 1. The van der Waals surface area contributed by atoms with Gasteiger partial charge in [-0.15, -0.1) is 17.9 Å². The highest BCUT2D eigenvalue weighted by Crippen LogP contribution is 2.36. The van der Waals surface area contributed by atoms with Crippen LogP contribution in [-0.2, 0) is 6.54 Å². The minimum atomic E-state index is 0.835. The van der Waals surface area contributed by atoms with E-state index in [1.54, 1.807) is 0 Å². The first kappa shape index (κ1) is 14.1. The summed E-state index contributed by atoms with van der Waals surface area (Å²) in [6.45, 7) is 7.21. The van der Waals surface area contributed by atoms with E-state index < -0.39 is 0 Å². The van der Waals surface area contributed by atoms with Crippen LogP contribution < -0.4 is 0 Å². The number of allylic oxidation sites excluding steroid dienone is 1. The van der Waals surface area contributed by atoms with E-state index in [4.69, 9.17) is 11.6 Å². The zero-order chi connectivity index (χ0) is 13.9. The molecule has 0 spiro atoms. The summed E-state index contributed by atoms with van der Waals surface area (Å²) in [6.07, 6.45) is 5.80. The van der Waals surface area contributed by atoms with Gasteiger partial charge in [-0.25, -0.2) is 0 Å². The molecule has 1 aliphatic rings. The molecule has 1 saturated heterocycles. The Hall–Kier alpha value is -0.830. The van der Waals surface area contributed by atoms with E-state index in [1.165, 1.54) is 40.9 Å². The molecule has 0 unspecified atom stereocenters. The van der Waals surface area contributed by atoms with Gasteiger partial charge in [-0.1, -0.05) is 35.9 Å². The predicted octanol–water partition coefficient (Wildman–Crippen LogP) is 5.34. The Morgan fingerprint density at radius 2 is 2.05 bits per heavy atom. The van der Waals surface area contributed by atoms with E-state index in [2.05, 4.69) is 41.8 Å². The van der Waals surface area contributed by atoms with Crippen LogP contribution in [0.5, 0.6) is 0 Å². The van der Waals surface area contributed by atoms with Crippen molar-refractivity contribution < 1.29 is 0 Å². The van der Waals surface area contributed by atoms with E-state index in [9.17, 15) is 0 Å². The molecule has 0 amide bonds. The third kappa shape index (κ3) is 2.93. The van der Waals surface area contributed by atoms with E-state index in [0.717, 1.165) is 23.9 Å². The summed E-state index contributed by atoms with van der Waals surface area (Å²) < 4.78 is 1.30. The summed E-state index contributed by atoms with van der Waals surface area (Å²) in [5.41, 5.74) is 0. The van der Waals surface area contributed by atoms with Gasteiger partial charge in [0.05, 0.1) is 5.02 Å². The maximum atomic E-state index is 6.53. The van der Waals surface area contributed by atoms with Gasteiger partial charge in [0.2, 0.25) is 0 Å². The Labute approximate surface area is 129 Å². The molecule has 1 nitrogen and oxygen atoms in total. The number of hydrogen-bond donors (Lipinski definition) is 0. The summed E-state index contributed by atoms with van der Waals surface area (Å²) in [4.78, 5) is 3.85. The van der Waals surface area contributed by atoms with Gasteiger partial charge in [-0.05, 0) is 44.3 Å². The van der Waals surface area contributed by atoms with Crippen LogP contribution in [0, 0.1) is 5.92 Å². The first-order valence-corrected chi connectivity index (χ1v) is 8.46. The summed E-state index contributed by atoms with van der Waals surface area (Å²) >= 11 is 8.36. The van der Waals surface area contributed by atoms with Crippen molar-refractivity contribution in [2.75, 3.05) is 13.1 Å². The standard InChI is InChI=1S/C17H20ClNS/c1-2-5-13-8-10-19(11-9-13)12-16-17(18)14-6-3-4-7-15(14)20-16/h2-4,6-7,13H,1,5,8-12H2. The lowest BCUT2D eigenvalue weighted by atomic mass is 9.94. The lowest BCUT2D eigenvalue weighted by Crippen LogP contribution is -2.32. The fourth-order valence-electron chi connectivity index (χ4n) is 2.99. The Kier molecular flexibility index (Phi) is 4.45. The summed E-state index contributed by atoms with van der Waals surface area (Å²) in [5, 5.41) is 2.16. The second-order valence-electron chi connectivity index (χ2n) is 5.58. The van der Waals surface area contributed by atoms with Gasteiger partial charge in [-0.2, -0.15) is 0 Å². The first-order chi connectivity index (χ1) is 9.78. The molecule has 0 radical (unpaired) electrons. The SMILES string of the molecule is C=CCC1CCN(Cc2sc3ccccc3c2Cl)CC1. The van der Waals surface area contributed by atoms with E-state index in [0.29, 0.717) is 0 Å². The topological polar surface area (TPSA) is 3.24 Å². The van der Waals surface area contributed by atoms with Crippen molar-refractivity contribution >= 4 is 33.0 Å². The molecule has 0 bridgehead atoms. The number of nitrogens with zero attached hydrogens (tertiary/aromatic N) is 1. The third-order valence-corrected chi connectivity index (χ3v) is 5.88. The molecule has 0 aliphatic carbocycles. The number of halogens is 1. The molecule has 0 N–H and O–H groups in total. The molecule has 0 atom stereocenters. The largest absolute Gasteiger partial charge is 0.298 e. The van der Waals surface area contributed by atoms with Crippen molar-refractivity contribution in [2.24, 2.45) is 5.92 Å². The molecule has 20 heavy (non-hydrogen) atoms. The maximum absolute atomic E-state index is 6.53. The highest BCUT2D eigenvalue weighted by molar-refractivity contribution is 7.19. The van der Waals surface area contributed by atoms with Crippen LogP contribution in [0.15, 0.2) is 36.9 Å². The maximum Gasteiger partial charge on any atom is 0.0637 e. The van der Waals surface area contributed by atoms with Crippen molar-refractivity contribution in [1.82, 2.24) is 4.90 Å². The molecule has 1 aromatic carbocycles. The molecule has 1 aliphatic heterocycles. The van der Waals surface area contributed by atoms with E-state index in [-0.39, 0.29) is 0 Å². The molecule has 2 aromatic rings. The number of rotatable bonds is 4. The van der Waals surface area contributed by atoms with Crippen LogP contribution in [0.2, 0.25) is 5.02 Å². The zero-order valence-corrected chi connectivity index (χ0v) is 13.2. The molecule has 1 fully saturated rings. The number of piperidine rings is 1. The molecule has 106 valence electrons. The first-order valence-electron chi connectivity index (χ1n) is 7.27. The van der Waals surface area contributed by atoms with Gasteiger partial charge in [0.1, 0.15) is 0 Å². The summed E-state index contributed by atoms with van der Waals surface area (Å²) in [6, 6.07) is 8.42. The van der Waals surface area contributed by atoms with E-state index in [1.807, 2.05) is 11.3 Å². The van der Waals surface area contributed by atoms with Gasteiger partial charge >= 0.3 is 0 Å². The van der Waals surface area contributed by atoms with Gasteiger partial charge in [0.15, 0.2) is 0 Å². The lowest BCUT2D eigenvalue weighted by molar-refractivity contribution is 0.180. The predicted molar refractivity (Wildman–Crippen MR) is 89.7 cm³/mol. The van der Waals surface area contributed by atoms with Gasteiger partial charge < -0.3 is 0 Å². The minimum Gasteiger partial charge on any atom is -0.298 e. The lowest BCUT2D eigenvalue weighted by Gasteiger charge is -2.31. The van der Waals surface area contributed by atoms with Crippen molar-refractivity contribution in [3.05, 3.63) is 46.8 Å². The Morgan fingerprint density at radius 1 is 1.30 bits per heavy atom. The van der Waals surface area contributed by atoms with Gasteiger partial charge in [-0.3, -0.25) is 4.90 Å². The zero-order valence-electron chi connectivity index (χ0n) is 11.6. The Bertz CT molecular complexity index is 596. The fourth-order valence-corrected chi connectivity index (χ4v) is 4.52. The highest BCUT2D eigenvalue weighted by Gasteiger charge is 2.20. The van der Waals surface area contributed by atoms with Crippen LogP contribution >= 0.6 is 22.9 Å². The van der Waals surface area contributed by atoms with Crippen LogP contribution in [0.3, 0.4) is 0 Å². The second-order valence-corrected chi connectivity index (χ2v) is 7.09. The van der Waals surface area contributed by atoms with Crippen molar-refractivity contribution in [1.29, 1.82) is 0 Å². The summed E-state index contributed by atoms with van der Waals surface area (Å²) in [7, 11) is 0.